The first-order valence-corrected chi connectivity index (χ1v) is 9.63. The molecule has 0 radical (unpaired) electrons. The molecule has 2 rings (SSSR count). The Morgan fingerprint density at radius 2 is 2.00 bits per heavy atom. The van der Waals surface area contributed by atoms with E-state index in [9.17, 15) is 27.9 Å². The van der Waals surface area contributed by atoms with Crippen molar-refractivity contribution in [3.63, 3.8) is 0 Å². The zero-order valence-corrected chi connectivity index (χ0v) is 14.3. The van der Waals surface area contributed by atoms with Crippen LogP contribution in [-0.2, 0) is 10.7 Å². The Morgan fingerprint density at radius 3 is 2.48 bits per heavy atom. The average Bonchev–Trinajstić information content (AvgIpc) is 2.54. The topological polar surface area (TPSA) is 82.3 Å². The second-order valence-corrected chi connectivity index (χ2v) is 8.92. The molecule has 0 bridgehead atoms. The smallest absolute Gasteiger partial charge is 0.417 e. The van der Waals surface area contributed by atoms with Crippen LogP contribution in [-0.4, -0.2) is 16.1 Å². The Bertz CT molecular complexity index is 843. The highest BCUT2D eigenvalue weighted by Crippen LogP contribution is 2.52. The van der Waals surface area contributed by atoms with E-state index in [0.29, 0.717) is 6.20 Å². The molecule has 0 saturated heterocycles. The summed E-state index contributed by atoms with van der Waals surface area (Å²) in [5, 5.41) is 10.9. The zero-order valence-electron chi connectivity index (χ0n) is 12.7. The summed E-state index contributed by atoms with van der Waals surface area (Å²) in [4.78, 5) is 13.9. The summed E-state index contributed by atoms with van der Waals surface area (Å²) in [6.07, 6.45) is -3.95. The Morgan fingerprint density at radius 1 is 1.32 bits per heavy atom. The predicted octanol–water partition coefficient (Wildman–Crippen LogP) is 4.96. The minimum absolute atomic E-state index is 0.0159. The van der Waals surface area contributed by atoms with Crippen molar-refractivity contribution in [2.24, 2.45) is 0 Å². The van der Waals surface area contributed by atoms with Gasteiger partial charge in [-0.2, -0.15) is 13.2 Å². The second-order valence-electron chi connectivity index (χ2n) is 4.86. The number of ether oxygens (including phenoxy) is 1. The largest absolute Gasteiger partial charge is 0.439 e. The molecule has 1 heterocycles. The maximum atomic E-state index is 12.5. The van der Waals surface area contributed by atoms with Gasteiger partial charge in [-0.1, -0.05) is 6.92 Å². The van der Waals surface area contributed by atoms with Crippen LogP contribution in [0.3, 0.4) is 0 Å². The number of nitro benzene ring substituents is 1. The fraction of sp³-hybridized carbons (Fsp3) is 0.214. The molecule has 134 valence electrons. The van der Waals surface area contributed by atoms with Crippen LogP contribution in [0.1, 0.15) is 12.5 Å². The molecule has 6 nitrogen and oxygen atoms in total. The molecule has 0 aliphatic heterocycles. The highest BCUT2D eigenvalue weighted by atomic mass is 35.7. The fourth-order valence-corrected chi connectivity index (χ4v) is 3.45. The van der Waals surface area contributed by atoms with Crippen molar-refractivity contribution in [1.82, 2.24) is 4.98 Å². The lowest BCUT2D eigenvalue weighted by Crippen LogP contribution is -2.10. The van der Waals surface area contributed by atoms with E-state index in [0.717, 1.165) is 24.3 Å². The molecule has 0 N–H and O–H groups in total. The first kappa shape index (κ1) is 19.2. The lowest BCUT2D eigenvalue weighted by Gasteiger charge is -2.12. The van der Waals surface area contributed by atoms with Crippen molar-refractivity contribution in [1.29, 1.82) is 0 Å². The number of alkyl halides is 3. The first-order valence-electron chi connectivity index (χ1n) is 6.83. The number of rotatable bonds is 5. The Kier molecular flexibility index (Phi) is 5.39. The lowest BCUT2D eigenvalue weighted by molar-refractivity contribution is -0.383. The van der Waals surface area contributed by atoms with Crippen molar-refractivity contribution in [3.05, 3.63) is 52.2 Å². The van der Waals surface area contributed by atoms with Gasteiger partial charge in [-0.3, -0.25) is 10.1 Å². The molecule has 0 aliphatic rings. The van der Waals surface area contributed by atoms with Gasteiger partial charge in [0.15, 0.2) is 0 Å². The third-order valence-corrected chi connectivity index (χ3v) is 6.35. The van der Waals surface area contributed by atoms with Gasteiger partial charge in [0.05, 0.1) is 10.5 Å². The highest BCUT2D eigenvalue weighted by Gasteiger charge is 2.31. The summed E-state index contributed by atoms with van der Waals surface area (Å²) < 4.78 is 55.1. The van der Waals surface area contributed by atoms with Gasteiger partial charge in [-0.15, -0.1) is 0 Å². The number of hydrogen-bond acceptors (Lipinski definition) is 5. The number of nitro groups is 1. The molecule has 2 aromatic rings. The van der Waals surface area contributed by atoms with Gasteiger partial charge in [0.2, 0.25) is 12.4 Å². The van der Waals surface area contributed by atoms with Crippen LogP contribution in [0.25, 0.3) is 0 Å². The third kappa shape index (κ3) is 4.49. The van der Waals surface area contributed by atoms with Crippen LogP contribution in [0, 0.1) is 10.1 Å². The van der Waals surface area contributed by atoms with E-state index in [1.807, 2.05) is 0 Å². The van der Waals surface area contributed by atoms with E-state index in [-0.39, 0.29) is 23.1 Å². The Hall–Kier alpha value is -2.12. The van der Waals surface area contributed by atoms with Gasteiger partial charge in [0.1, 0.15) is 11.1 Å². The molecule has 1 atom stereocenters. The lowest BCUT2D eigenvalue weighted by atomic mass is 10.3. The van der Waals surface area contributed by atoms with Crippen LogP contribution < -0.4 is 10.0 Å². The van der Waals surface area contributed by atoms with E-state index in [1.54, 1.807) is 0 Å². The summed E-state index contributed by atoms with van der Waals surface area (Å²) in [5.74, 6) is -0.143. The molecule has 1 unspecified atom stereocenters. The quantitative estimate of drug-likeness (QED) is 0.406. The molecular weight excluding hydrogens is 384 g/mol. The van der Waals surface area contributed by atoms with Gasteiger partial charge >= 0.3 is 6.18 Å². The molecule has 1 aromatic heterocycles. The van der Waals surface area contributed by atoms with Crippen molar-refractivity contribution < 1.29 is 27.4 Å². The Labute approximate surface area is 144 Å². The minimum atomic E-state index is -4.53. The second kappa shape index (κ2) is 7.01. The van der Waals surface area contributed by atoms with Gasteiger partial charge < -0.3 is 9.30 Å². The van der Waals surface area contributed by atoms with Crippen LogP contribution in [0.2, 0.25) is 0 Å². The van der Waals surface area contributed by atoms with Crippen molar-refractivity contribution in [2.45, 2.75) is 13.1 Å². The summed E-state index contributed by atoms with van der Waals surface area (Å²) >= 11 is 5.90. The minimum Gasteiger partial charge on any atom is -0.439 e. The number of pyridine rings is 1. The summed E-state index contributed by atoms with van der Waals surface area (Å²) in [6, 6.07) is 5.21. The zero-order chi connectivity index (χ0) is 18.8. The summed E-state index contributed by atoms with van der Waals surface area (Å²) in [5.41, 5.74) is -1.37. The van der Waals surface area contributed by atoms with Crippen molar-refractivity contribution in [3.8, 4) is 11.6 Å². The SMILES string of the molecule is CCP(=O)(Cl)c1cc(Oc2ccc(C(F)(F)F)cn2)ccc1[N+](=O)[O-]. The van der Waals surface area contributed by atoms with E-state index >= 15 is 0 Å². The normalized spacial score (nSPS) is 14.0. The maximum Gasteiger partial charge on any atom is 0.417 e. The molecule has 1 aromatic carbocycles. The monoisotopic (exact) mass is 394 g/mol. The van der Waals surface area contributed by atoms with Crippen LogP contribution in [0.4, 0.5) is 18.9 Å². The van der Waals surface area contributed by atoms with E-state index in [2.05, 4.69) is 4.98 Å². The number of hydrogen-bond donors (Lipinski definition) is 0. The molecule has 0 saturated carbocycles. The molecule has 0 fully saturated rings. The number of benzene rings is 1. The standard InChI is InChI=1S/C14H11ClF3N2O4P/c1-2-25(15,23)12-7-10(4-5-11(12)20(21)22)24-13-6-3-9(8-19-13)14(16,17)18/h3-8H,2H2,1H3. The average molecular weight is 395 g/mol. The molecule has 0 amide bonds. The van der Waals surface area contributed by atoms with Gasteiger partial charge in [-0.25, -0.2) is 4.98 Å². The van der Waals surface area contributed by atoms with Crippen molar-refractivity contribution >= 4 is 28.7 Å². The van der Waals surface area contributed by atoms with Crippen LogP contribution in [0.5, 0.6) is 11.6 Å². The number of aromatic nitrogens is 1. The molecular formula is C14H11ClF3N2O4P. The Balaban J connectivity index is 2.36. The van der Waals surface area contributed by atoms with Crippen LogP contribution in [0.15, 0.2) is 36.5 Å². The molecule has 0 aliphatic carbocycles. The van der Waals surface area contributed by atoms with Gasteiger partial charge in [0.25, 0.3) is 5.69 Å². The van der Waals surface area contributed by atoms with Gasteiger partial charge in [0, 0.05) is 24.5 Å². The van der Waals surface area contributed by atoms with E-state index in [4.69, 9.17) is 16.0 Å². The first-order chi connectivity index (χ1) is 11.5. The molecule has 11 heteroatoms. The molecule has 25 heavy (non-hydrogen) atoms. The number of halogens is 4. The van der Waals surface area contributed by atoms with Crippen LogP contribution >= 0.6 is 17.7 Å². The summed E-state index contributed by atoms with van der Waals surface area (Å²) in [6.45, 7) is -1.98. The maximum absolute atomic E-state index is 12.5. The number of nitrogens with zero attached hydrogens (tertiary/aromatic N) is 2. The highest BCUT2D eigenvalue weighted by molar-refractivity contribution is 7.95. The van der Waals surface area contributed by atoms with Gasteiger partial charge in [-0.05, 0) is 29.4 Å². The fourth-order valence-electron chi connectivity index (χ4n) is 1.89. The third-order valence-electron chi connectivity index (χ3n) is 3.20. The molecule has 0 spiro atoms. The summed E-state index contributed by atoms with van der Waals surface area (Å²) in [7, 11) is 0. The van der Waals surface area contributed by atoms with Crippen molar-refractivity contribution in [2.75, 3.05) is 6.16 Å². The predicted molar refractivity (Wildman–Crippen MR) is 86.0 cm³/mol. The van der Waals surface area contributed by atoms with E-state index in [1.165, 1.54) is 13.0 Å². The van der Waals surface area contributed by atoms with E-state index < -0.39 is 28.8 Å².